The van der Waals surface area contributed by atoms with Crippen LogP contribution in [0.15, 0.2) is 40.7 Å². The van der Waals surface area contributed by atoms with Gasteiger partial charge < -0.3 is 15.1 Å². The van der Waals surface area contributed by atoms with Crippen molar-refractivity contribution in [3.05, 3.63) is 63.2 Å². The second-order valence-electron chi connectivity index (χ2n) is 8.75. The number of pyridine rings is 1. The predicted octanol–water partition coefficient (Wildman–Crippen LogP) is 2.51. The second-order valence-corrected chi connectivity index (χ2v) is 11.9. The summed E-state index contributed by atoms with van der Waals surface area (Å²) in [5, 5.41) is 6.33. The van der Waals surface area contributed by atoms with Gasteiger partial charge in [0.15, 0.2) is 10.2 Å². The molecule has 0 saturated carbocycles. The monoisotopic (exact) mass is 530 g/mol. The highest BCUT2D eigenvalue weighted by atomic mass is 35.5. The van der Waals surface area contributed by atoms with Crippen LogP contribution in [0, 0.1) is 0 Å². The summed E-state index contributed by atoms with van der Waals surface area (Å²) in [6.45, 7) is 3.83. The van der Waals surface area contributed by atoms with Crippen LogP contribution < -0.4 is 15.1 Å². The van der Waals surface area contributed by atoms with E-state index in [9.17, 15) is 13.2 Å². The van der Waals surface area contributed by atoms with E-state index in [4.69, 9.17) is 11.6 Å². The maximum absolute atomic E-state index is 13.3. The van der Waals surface area contributed by atoms with E-state index < -0.39 is 10.0 Å². The average molecular weight is 531 g/mol. The minimum atomic E-state index is -3.74. The maximum atomic E-state index is 13.3. The molecule has 0 spiro atoms. The van der Waals surface area contributed by atoms with Crippen molar-refractivity contribution in [3.63, 3.8) is 0 Å². The second kappa shape index (κ2) is 8.82. The number of amides is 1. The Hall–Kier alpha value is -2.57. The van der Waals surface area contributed by atoms with Crippen LogP contribution in [0.4, 0.5) is 10.8 Å². The molecule has 0 aliphatic carbocycles. The van der Waals surface area contributed by atoms with Crippen LogP contribution in [0.25, 0.3) is 0 Å². The van der Waals surface area contributed by atoms with Gasteiger partial charge in [0.25, 0.3) is 15.9 Å². The summed E-state index contributed by atoms with van der Waals surface area (Å²) in [5.74, 6) is -0.0886. The van der Waals surface area contributed by atoms with Gasteiger partial charge in [0.2, 0.25) is 0 Å². The third-order valence-corrected chi connectivity index (χ3v) is 9.72. The summed E-state index contributed by atoms with van der Waals surface area (Å²) in [5.41, 5.74) is 4.32. The number of halogens is 1. The van der Waals surface area contributed by atoms with Crippen LogP contribution in [-0.4, -0.2) is 61.3 Å². The van der Waals surface area contributed by atoms with Gasteiger partial charge in [-0.05, 0) is 35.4 Å². The number of carbonyl (C=O) groups excluding carboxylic acids is 1. The SMILES string of the molecule is O=C(c1ccc2c(c1)CNC2)N1CCc2nc(S(=O)(=O)N3CCN(c4nc(Cl)cs4)CC3)ccc21. The minimum absolute atomic E-state index is 0.0277. The van der Waals surface area contributed by atoms with Gasteiger partial charge >= 0.3 is 0 Å². The Morgan fingerprint density at radius 2 is 1.80 bits per heavy atom. The fraction of sp³-hybridized carbons (Fsp3) is 0.348. The molecule has 35 heavy (non-hydrogen) atoms. The van der Waals surface area contributed by atoms with Gasteiger partial charge in [0.1, 0.15) is 5.15 Å². The summed E-state index contributed by atoms with van der Waals surface area (Å²) in [6.07, 6.45) is 0.523. The van der Waals surface area contributed by atoms with Gasteiger partial charge in [0.05, 0.1) is 11.4 Å². The van der Waals surface area contributed by atoms with Crippen LogP contribution in [0.5, 0.6) is 0 Å². The number of benzene rings is 1. The van der Waals surface area contributed by atoms with Crippen molar-refractivity contribution in [2.24, 2.45) is 0 Å². The van der Waals surface area contributed by atoms with E-state index in [1.54, 1.807) is 16.3 Å². The quantitative estimate of drug-likeness (QED) is 0.553. The number of nitrogens with zero attached hydrogens (tertiary/aromatic N) is 5. The number of thiazole rings is 1. The molecule has 0 unspecified atom stereocenters. The molecule has 1 fully saturated rings. The van der Waals surface area contributed by atoms with Crippen molar-refractivity contribution >= 4 is 49.7 Å². The fourth-order valence-corrected chi connectivity index (χ4v) is 7.20. The highest BCUT2D eigenvalue weighted by Crippen LogP contribution is 2.31. The van der Waals surface area contributed by atoms with Gasteiger partial charge in [-0.3, -0.25) is 4.79 Å². The van der Waals surface area contributed by atoms with Crippen LogP contribution >= 0.6 is 22.9 Å². The van der Waals surface area contributed by atoms with Gasteiger partial charge in [-0.15, -0.1) is 11.3 Å². The van der Waals surface area contributed by atoms with Crippen molar-refractivity contribution in [3.8, 4) is 0 Å². The molecule has 3 aliphatic heterocycles. The molecule has 0 bridgehead atoms. The molecule has 6 rings (SSSR count). The van der Waals surface area contributed by atoms with Gasteiger partial charge in [-0.2, -0.15) is 4.31 Å². The predicted molar refractivity (Wildman–Crippen MR) is 135 cm³/mol. The third kappa shape index (κ3) is 4.11. The molecule has 3 aromatic rings. The third-order valence-electron chi connectivity index (χ3n) is 6.69. The maximum Gasteiger partial charge on any atom is 0.260 e. The Morgan fingerprint density at radius 3 is 2.57 bits per heavy atom. The fourth-order valence-electron chi connectivity index (χ4n) is 4.82. The number of rotatable bonds is 4. The minimum Gasteiger partial charge on any atom is -0.345 e. The molecule has 1 amide bonds. The summed E-state index contributed by atoms with van der Waals surface area (Å²) in [7, 11) is -3.74. The zero-order valence-corrected chi connectivity index (χ0v) is 21.2. The van der Waals surface area contributed by atoms with E-state index in [1.807, 2.05) is 23.1 Å². The summed E-state index contributed by atoms with van der Waals surface area (Å²) in [6, 6.07) is 9.03. The van der Waals surface area contributed by atoms with Gasteiger partial charge in [0, 0.05) is 63.2 Å². The molecule has 3 aliphatic rings. The number of hydrogen-bond acceptors (Lipinski definition) is 8. The highest BCUT2D eigenvalue weighted by Gasteiger charge is 2.33. The van der Waals surface area contributed by atoms with E-state index in [2.05, 4.69) is 15.3 Å². The largest absolute Gasteiger partial charge is 0.345 e. The number of fused-ring (bicyclic) bond motifs is 2. The molecule has 1 N–H and O–H groups in total. The molecule has 1 aromatic carbocycles. The smallest absolute Gasteiger partial charge is 0.260 e. The Bertz CT molecular complexity index is 1420. The zero-order valence-electron chi connectivity index (χ0n) is 18.8. The number of aromatic nitrogens is 2. The Morgan fingerprint density at radius 1 is 1.00 bits per heavy atom. The van der Waals surface area contributed by atoms with Crippen molar-refractivity contribution in [1.29, 1.82) is 0 Å². The number of carbonyl (C=O) groups is 1. The lowest BCUT2D eigenvalue weighted by molar-refractivity contribution is 0.0989. The summed E-state index contributed by atoms with van der Waals surface area (Å²) >= 11 is 7.37. The van der Waals surface area contributed by atoms with Crippen LogP contribution in [0.3, 0.4) is 0 Å². The lowest BCUT2D eigenvalue weighted by Crippen LogP contribution is -2.48. The molecule has 0 atom stereocenters. The van der Waals surface area contributed by atoms with Crippen LogP contribution in [0.1, 0.15) is 27.2 Å². The molecule has 2 aromatic heterocycles. The first-order valence-electron chi connectivity index (χ1n) is 11.4. The number of sulfonamides is 1. The molecule has 5 heterocycles. The van der Waals surface area contributed by atoms with Crippen LogP contribution in [0.2, 0.25) is 5.15 Å². The lowest BCUT2D eigenvalue weighted by atomic mass is 10.1. The number of nitrogens with one attached hydrogen (secondary N) is 1. The van der Waals surface area contributed by atoms with Gasteiger partial charge in [-0.25, -0.2) is 18.4 Å². The first-order valence-corrected chi connectivity index (χ1v) is 14.1. The van der Waals surface area contributed by atoms with E-state index in [-0.39, 0.29) is 10.9 Å². The van der Waals surface area contributed by atoms with Crippen LogP contribution in [-0.2, 0) is 29.5 Å². The first kappa shape index (κ1) is 22.9. The molecule has 182 valence electrons. The standard InChI is InChI=1S/C23H23ClN6O3S2/c24-20-14-34-23(27-20)28-7-9-29(10-8-28)35(32,33)21-4-3-19-18(26-21)5-6-30(19)22(31)15-1-2-16-12-25-13-17(16)11-15/h1-4,11,14,25H,5-10,12-13H2. The topological polar surface area (TPSA) is 98.7 Å². The molecule has 12 heteroatoms. The number of anilines is 2. The number of piperazine rings is 1. The Kier molecular flexibility index (Phi) is 5.76. The normalized spacial score (nSPS) is 18.1. The lowest BCUT2D eigenvalue weighted by Gasteiger charge is -2.33. The van der Waals surface area contributed by atoms with Crippen molar-refractivity contribution in [2.75, 3.05) is 42.5 Å². The molecule has 1 saturated heterocycles. The van der Waals surface area contributed by atoms with E-state index in [1.165, 1.54) is 27.3 Å². The van der Waals surface area contributed by atoms with Gasteiger partial charge in [-0.1, -0.05) is 17.7 Å². The molecule has 0 radical (unpaired) electrons. The molecule has 9 nitrogen and oxygen atoms in total. The summed E-state index contributed by atoms with van der Waals surface area (Å²) < 4.78 is 28.1. The Balaban J connectivity index is 1.18. The van der Waals surface area contributed by atoms with Crippen molar-refractivity contribution in [1.82, 2.24) is 19.6 Å². The van der Waals surface area contributed by atoms with E-state index in [0.717, 1.165) is 23.8 Å². The van der Waals surface area contributed by atoms with Crippen molar-refractivity contribution in [2.45, 2.75) is 24.5 Å². The average Bonchev–Trinajstić information content (AvgIpc) is 3.62. The van der Waals surface area contributed by atoms with E-state index >= 15 is 0 Å². The highest BCUT2D eigenvalue weighted by molar-refractivity contribution is 7.89. The van der Waals surface area contributed by atoms with E-state index in [0.29, 0.717) is 61.2 Å². The number of hydrogen-bond donors (Lipinski definition) is 1. The van der Waals surface area contributed by atoms with Crippen molar-refractivity contribution < 1.29 is 13.2 Å². The Labute approximate surface area is 212 Å². The summed E-state index contributed by atoms with van der Waals surface area (Å²) in [4.78, 5) is 25.7. The zero-order chi connectivity index (χ0) is 24.2. The molecular formula is C23H23ClN6O3S2. The first-order chi connectivity index (χ1) is 16.9. The molecular weight excluding hydrogens is 508 g/mol.